The number of aromatic amines is 3. The molecule has 6 aliphatic rings. The standard InChI is InChI=1S/C73H104N19O38P5S4/c1-10-38-39(19-46(120-38)87-22-35(3)63(94)84-71(87)98)126-132(103,136)116-25-41-40(20-47(121-41)88-23-36(4)64(95)85-72(88)99)127-133(104,137)118-28-44-51(55(112-16-12-108-7)67(123-44)90-24-37(5)65(96)86-73(90)100)128-131(101,102)115-27-43-52(56(113-17-13-109-8)68(124-43)91-32-81-48-59(75)77-30-79-61(48)91)129-135(106,139)119-29-45-53(57(114-18-14-110-9)69(125-45)92-33-82-49-60(76)78-31-80-62(49)92)130-134(105,138)117-26-42-50(93)54(111-15-11-107-6)66(122-42)89-21-34(2)58(74)83-70(89)97/h21-24,30-33,38-47,50-57,66-69,93H,10-20,25-29H2,1-9H3,(H,101,102)(H,103,136)(H,104,137)(H,105,138)(H,106,139)(H2,74,83,97)(H2,75,77,79)(H2,76,78,80)(H,84,94,98)(H,85,95,99)(H,86,96,100)/t38-,39?,40?,41-,42-,43-,44-,45-,46-,47-,50?,51?,52?,53?,54+,55+,56+,57+,66-,67-,68-,69-,132?,133?,134?,135?/m1/s1. The van der Waals surface area contributed by atoms with Gasteiger partial charge in [-0.25, -0.2) is 71.9 Å². The predicted octanol–water partition coefficient (Wildman–Crippen LogP) is 1.88. The van der Waals surface area contributed by atoms with Crippen LogP contribution in [-0.4, -0.2) is 299 Å². The van der Waals surface area contributed by atoms with Gasteiger partial charge in [-0.15, -0.1) is 0 Å². The maximum absolute atomic E-state index is 15.6. The van der Waals surface area contributed by atoms with Gasteiger partial charge in [0.15, 0.2) is 47.8 Å². The smallest absolute Gasteiger partial charge is 0.387 e. The fourth-order valence-electron chi connectivity index (χ4n) is 16.0. The molecule has 139 heavy (non-hydrogen) atoms. The number of fused-ring (bicyclic) bond motifs is 2. The lowest BCUT2D eigenvalue weighted by Crippen LogP contribution is -2.41. The van der Waals surface area contributed by atoms with Crippen LogP contribution >= 0.6 is 84.0 Å². The third-order valence-electron chi connectivity index (χ3n) is 22.7. The Balaban J connectivity index is 0.742. The Morgan fingerprint density at radius 3 is 1.18 bits per heavy atom. The molecule has 0 amide bonds. The Kier molecular flexibility index (Phi) is 35.7. The van der Waals surface area contributed by atoms with Crippen molar-refractivity contribution in [1.82, 2.24) is 77.2 Å². The van der Waals surface area contributed by atoms with Gasteiger partial charge in [-0.2, -0.15) is 4.98 Å². The second-order valence-electron chi connectivity index (χ2n) is 32.1. The number of thiol groups is 4. The van der Waals surface area contributed by atoms with Crippen molar-refractivity contribution in [2.45, 2.75) is 189 Å². The minimum absolute atomic E-state index is 0.00824. The molecular formula is C73H104N19O38P5S4. The molecule has 27 atom stereocenters. The first-order valence-electron chi connectivity index (χ1n) is 42.5. The van der Waals surface area contributed by atoms with Gasteiger partial charge in [0.25, 0.3) is 16.7 Å². The summed E-state index contributed by atoms with van der Waals surface area (Å²) in [4.78, 5) is 140. The van der Waals surface area contributed by atoms with Crippen LogP contribution in [-0.2, 0) is 134 Å². The molecule has 8 aromatic heterocycles. The maximum Gasteiger partial charge on any atom is 0.472 e. The number of aryl methyl sites for hydroxylation is 4. The Hall–Kier alpha value is -7.07. The molecule has 6 saturated heterocycles. The van der Waals surface area contributed by atoms with Gasteiger partial charge in [-0.3, -0.25) is 102 Å². The summed E-state index contributed by atoms with van der Waals surface area (Å²) in [6.07, 6.45) is -24.2. The third kappa shape index (κ3) is 25.5. The highest BCUT2D eigenvalue weighted by Gasteiger charge is 2.58. The van der Waals surface area contributed by atoms with Crippen molar-refractivity contribution < 1.29 is 144 Å². The summed E-state index contributed by atoms with van der Waals surface area (Å²) < 4.78 is 227. The number of methoxy groups -OCH3 is 4. The number of rotatable bonds is 48. The van der Waals surface area contributed by atoms with E-state index in [0.29, 0.717) is 5.56 Å². The first kappa shape index (κ1) is 108. The second kappa shape index (κ2) is 46.1. The molecule has 8 aromatic rings. The number of phosphoric acid groups is 1. The van der Waals surface area contributed by atoms with E-state index >= 15 is 18.3 Å². The van der Waals surface area contributed by atoms with E-state index < -0.39 is 256 Å². The zero-order valence-electron chi connectivity index (χ0n) is 75.3. The average molecular weight is 2140 g/mol. The van der Waals surface area contributed by atoms with E-state index in [1.165, 1.54) is 89.6 Å². The predicted molar refractivity (Wildman–Crippen MR) is 491 cm³/mol. The first-order chi connectivity index (χ1) is 66.0. The summed E-state index contributed by atoms with van der Waals surface area (Å²) in [5, 5.41) is 11.8. The van der Waals surface area contributed by atoms with Crippen LogP contribution in [0.25, 0.3) is 22.3 Å². The highest BCUT2D eigenvalue weighted by Crippen LogP contribution is 2.63. The lowest BCUT2D eigenvalue weighted by atomic mass is 10.1. The number of nitrogens with one attached hydrogen (secondary N) is 3. The number of aliphatic hydroxyl groups excluding tert-OH is 1. The van der Waals surface area contributed by atoms with Gasteiger partial charge >= 0.3 is 57.8 Å². The molecule has 6 aliphatic heterocycles. The molecule has 0 aromatic carbocycles. The third-order valence-corrected chi connectivity index (χ3v) is 30.2. The van der Waals surface area contributed by atoms with Gasteiger partial charge in [-0.1, -0.05) is 55.9 Å². The van der Waals surface area contributed by atoms with Crippen LogP contribution in [0.15, 0.2) is 83.7 Å². The molecule has 14 rings (SSSR count). The van der Waals surface area contributed by atoms with Crippen molar-refractivity contribution >= 4 is 124 Å². The quantitative estimate of drug-likeness (QED) is 0.0147. The van der Waals surface area contributed by atoms with Gasteiger partial charge in [0.1, 0.15) is 127 Å². The van der Waals surface area contributed by atoms with Gasteiger partial charge in [-0.05, 0) is 34.1 Å². The van der Waals surface area contributed by atoms with Gasteiger partial charge in [0.05, 0.1) is 111 Å². The molecule has 66 heteroatoms. The van der Waals surface area contributed by atoms with E-state index in [0.717, 1.165) is 37.1 Å². The molecule has 11 unspecified atom stereocenters. The molecule has 0 bridgehead atoms. The molecule has 6 fully saturated rings. The van der Waals surface area contributed by atoms with E-state index in [4.69, 9.17) is 129 Å². The van der Waals surface area contributed by atoms with Crippen LogP contribution in [0.2, 0.25) is 0 Å². The van der Waals surface area contributed by atoms with E-state index in [9.17, 15) is 48.1 Å². The lowest BCUT2D eigenvalue weighted by molar-refractivity contribution is -0.0833. The van der Waals surface area contributed by atoms with Crippen LogP contribution < -0.4 is 56.6 Å². The molecular weight excluding hydrogens is 2030 g/mol. The number of anilines is 3. The number of nitrogens with two attached hydrogens (primary N) is 3. The van der Waals surface area contributed by atoms with E-state index in [-0.39, 0.29) is 116 Å². The van der Waals surface area contributed by atoms with Crippen molar-refractivity contribution in [2.75, 3.05) is 132 Å². The highest BCUT2D eigenvalue weighted by molar-refractivity contribution is 8.45. The number of phosphoric ester groups is 1. The van der Waals surface area contributed by atoms with Crippen LogP contribution in [0.3, 0.4) is 0 Å². The van der Waals surface area contributed by atoms with E-state index in [2.05, 4.69) is 98.8 Å². The van der Waals surface area contributed by atoms with Gasteiger partial charge in [0, 0.05) is 88.3 Å². The van der Waals surface area contributed by atoms with Crippen LogP contribution in [0, 0.1) is 27.7 Å². The number of aromatic nitrogens is 16. The van der Waals surface area contributed by atoms with Crippen LogP contribution in [0.4, 0.5) is 17.5 Å². The first-order valence-corrected chi connectivity index (χ1v) is 54.8. The fourth-order valence-corrected chi connectivity index (χ4v) is 22.9. The zero-order valence-corrected chi connectivity index (χ0v) is 83.3. The number of hydrogen-bond acceptors (Lipinski definition) is 47. The minimum Gasteiger partial charge on any atom is -0.387 e. The van der Waals surface area contributed by atoms with Gasteiger partial charge in [0.2, 0.25) is 0 Å². The number of nitrogens with zero attached hydrogens (tertiary/aromatic N) is 13. The number of ether oxygens (including phenoxy) is 14. The van der Waals surface area contributed by atoms with Crippen molar-refractivity contribution in [3.8, 4) is 0 Å². The molecule has 768 valence electrons. The summed E-state index contributed by atoms with van der Waals surface area (Å²) >= 11 is 17.5. The maximum atomic E-state index is 15.6. The number of nitrogen functional groups attached to an aromatic ring is 3. The van der Waals surface area contributed by atoms with Crippen molar-refractivity contribution in [3.63, 3.8) is 0 Å². The zero-order chi connectivity index (χ0) is 100. The van der Waals surface area contributed by atoms with E-state index in [1.54, 1.807) is 13.8 Å². The number of H-pyrrole nitrogens is 3. The number of aliphatic hydroxyl groups is 1. The molecule has 0 saturated carbocycles. The Labute approximate surface area is 806 Å². The van der Waals surface area contributed by atoms with E-state index in [1.807, 2.05) is 0 Å². The molecule has 57 nitrogen and oxygen atoms in total. The van der Waals surface area contributed by atoms with Crippen LogP contribution in [0.1, 0.15) is 85.8 Å². The second-order valence-corrected chi connectivity index (χ2v) is 45.0. The van der Waals surface area contributed by atoms with Gasteiger partial charge < -0.3 is 93.5 Å². The summed E-state index contributed by atoms with van der Waals surface area (Å²) in [6, 6.07) is 0. The summed E-state index contributed by atoms with van der Waals surface area (Å²) in [6.45, 7) is -18.1. The summed E-state index contributed by atoms with van der Waals surface area (Å²) in [5.41, 5.74) is 13.3. The summed E-state index contributed by atoms with van der Waals surface area (Å²) in [5.74, 6) is -0.237. The molecule has 14 heterocycles. The van der Waals surface area contributed by atoms with Crippen molar-refractivity contribution in [3.05, 3.63) is 145 Å². The highest BCUT2D eigenvalue weighted by atomic mass is 32.7. The topological polar surface area (TPSA) is 712 Å². The Morgan fingerprint density at radius 2 is 0.748 bits per heavy atom. The minimum atomic E-state index is -5.86. The Morgan fingerprint density at radius 1 is 0.403 bits per heavy atom. The SMILES string of the molecule is CC[C@H]1O[C@@H](n2cc(C)c(=O)[nH]c2=O)CC1OP(=O)(S)OC[C@H]1O[C@@H](n2cc(C)c(=O)[nH]c2=O)CC1OP(=O)(S)OC[C@H]1O[C@@H](n2cc(C)c(=O)[nH]c2=O)[C@@H](OCCOC)C1OP(=O)(O)OC[C@H]1O[C@@H](n2cnc3c(N)ncnc32)[C@@H](OCCOC)C1OP(=O)(S)OC[C@H]1O[C@@H](n2cnc3c(N)ncnc32)[C@@H](OCCOC)C1OP(=O)(S)OC[C@H]1O[C@@H](n2cc(C)c(N)nc2=O)[C@@H](OCCOC)C1O. The summed E-state index contributed by atoms with van der Waals surface area (Å²) in [7, 11) is -0.409. The Bertz CT molecular complexity index is 6380. The largest absolute Gasteiger partial charge is 0.472 e. The van der Waals surface area contributed by atoms with Crippen molar-refractivity contribution in [2.24, 2.45) is 0 Å². The van der Waals surface area contributed by atoms with Crippen molar-refractivity contribution in [1.29, 1.82) is 0 Å². The fraction of sp³-hybridized carbons (Fsp3) is 0.644. The number of imidazole rings is 2. The molecule has 0 aliphatic carbocycles. The number of hydrogen-bond donors (Lipinski definition) is 12. The van der Waals surface area contributed by atoms with Crippen LogP contribution in [0.5, 0.6) is 0 Å². The lowest BCUT2D eigenvalue weighted by Gasteiger charge is -2.29. The average Bonchev–Trinajstić information content (AvgIpc) is 1.61. The monoisotopic (exact) mass is 2140 g/mol. The normalized spacial score (nSPS) is 29.4. The molecule has 11 N–H and O–H groups in total. The molecule has 0 radical (unpaired) electrons. The molecule has 0 spiro atoms.